The molecule has 1 N–H and O–H groups in total. The third kappa shape index (κ3) is 4.42. The lowest BCUT2D eigenvalue weighted by molar-refractivity contribution is 0.344. The monoisotopic (exact) mass is 293 g/mol. The third-order valence-corrected chi connectivity index (χ3v) is 5.66. The van der Waals surface area contributed by atoms with E-state index in [4.69, 9.17) is 0 Å². The summed E-state index contributed by atoms with van der Waals surface area (Å²) in [6.45, 7) is 6.91. The summed E-state index contributed by atoms with van der Waals surface area (Å²) in [6.07, 6.45) is 3.24. The summed E-state index contributed by atoms with van der Waals surface area (Å²) >= 11 is 0. The minimum atomic E-state index is -0.564. The maximum atomic E-state index is 11.4. The van der Waals surface area contributed by atoms with Crippen LogP contribution in [0.1, 0.15) is 45.6 Å². The SMILES string of the molecule is CC(CC(C)(C)c1ccccc1)NC1CCS(=O)CC1. The summed E-state index contributed by atoms with van der Waals surface area (Å²) < 4.78 is 11.4. The van der Waals surface area contributed by atoms with E-state index in [1.54, 1.807) is 0 Å². The van der Waals surface area contributed by atoms with Gasteiger partial charge in [-0.15, -0.1) is 0 Å². The lowest BCUT2D eigenvalue weighted by Gasteiger charge is -2.32. The van der Waals surface area contributed by atoms with Crippen molar-refractivity contribution in [2.24, 2.45) is 0 Å². The Morgan fingerprint density at radius 1 is 1.25 bits per heavy atom. The molecule has 1 saturated heterocycles. The standard InChI is InChI=1S/C17H27NOS/c1-14(18-16-9-11-20(19)12-10-16)13-17(2,3)15-7-5-4-6-8-15/h4-8,14,16,18H,9-13H2,1-3H3. The molecule has 112 valence electrons. The molecule has 20 heavy (non-hydrogen) atoms. The topological polar surface area (TPSA) is 29.1 Å². The predicted molar refractivity (Wildman–Crippen MR) is 87.6 cm³/mol. The predicted octanol–water partition coefficient (Wildman–Crippen LogP) is 3.24. The Balaban J connectivity index is 1.87. The van der Waals surface area contributed by atoms with E-state index in [9.17, 15) is 4.21 Å². The fourth-order valence-corrected chi connectivity index (χ4v) is 4.49. The zero-order chi connectivity index (χ0) is 14.6. The minimum absolute atomic E-state index is 0.186. The Morgan fingerprint density at radius 3 is 2.45 bits per heavy atom. The first-order valence-electron chi connectivity index (χ1n) is 7.64. The van der Waals surface area contributed by atoms with Crippen molar-refractivity contribution < 1.29 is 4.21 Å². The van der Waals surface area contributed by atoms with Crippen LogP contribution in [0.3, 0.4) is 0 Å². The van der Waals surface area contributed by atoms with Crippen molar-refractivity contribution in [3.63, 3.8) is 0 Å². The summed E-state index contributed by atoms with van der Waals surface area (Å²) in [7, 11) is -0.564. The molecule has 1 unspecified atom stereocenters. The molecule has 1 aromatic carbocycles. The molecule has 1 fully saturated rings. The molecule has 0 aliphatic carbocycles. The molecule has 1 aromatic rings. The number of benzene rings is 1. The van der Waals surface area contributed by atoms with Crippen LogP contribution in [-0.4, -0.2) is 27.8 Å². The second-order valence-corrected chi connectivity index (χ2v) is 8.34. The minimum Gasteiger partial charge on any atom is -0.311 e. The van der Waals surface area contributed by atoms with Crippen molar-refractivity contribution in [2.45, 2.75) is 57.5 Å². The summed E-state index contributed by atoms with van der Waals surface area (Å²) in [5, 5.41) is 3.73. The van der Waals surface area contributed by atoms with Gasteiger partial charge >= 0.3 is 0 Å². The number of rotatable bonds is 5. The molecule has 0 aromatic heterocycles. The fraction of sp³-hybridized carbons (Fsp3) is 0.647. The van der Waals surface area contributed by atoms with Crippen LogP contribution in [0.25, 0.3) is 0 Å². The zero-order valence-corrected chi connectivity index (χ0v) is 13.7. The van der Waals surface area contributed by atoms with Gasteiger partial charge in [-0.1, -0.05) is 44.2 Å². The zero-order valence-electron chi connectivity index (χ0n) is 12.9. The van der Waals surface area contributed by atoms with Crippen molar-refractivity contribution in [3.05, 3.63) is 35.9 Å². The first-order valence-corrected chi connectivity index (χ1v) is 9.13. The van der Waals surface area contributed by atoms with E-state index in [2.05, 4.69) is 56.4 Å². The highest BCUT2D eigenvalue weighted by molar-refractivity contribution is 7.85. The van der Waals surface area contributed by atoms with Gasteiger partial charge in [0.2, 0.25) is 0 Å². The largest absolute Gasteiger partial charge is 0.311 e. The lowest BCUT2D eigenvalue weighted by atomic mass is 9.79. The van der Waals surface area contributed by atoms with Gasteiger partial charge in [-0.2, -0.15) is 0 Å². The molecule has 1 aliphatic heterocycles. The van der Waals surface area contributed by atoms with Gasteiger partial charge in [-0.3, -0.25) is 4.21 Å². The Kier molecular flexibility index (Phi) is 5.39. The van der Waals surface area contributed by atoms with Gasteiger partial charge in [0.05, 0.1) is 0 Å². The van der Waals surface area contributed by atoms with Crippen molar-refractivity contribution in [2.75, 3.05) is 11.5 Å². The van der Waals surface area contributed by atoms with Crippen molar-refractivity contribution >= 4 is 10.8 Å². The highest BCUT2D eigenvalue weighted by Crippen LogP contribution is 2.28. The van der Waals surface area contributed by atoms with Gasteiger partial charge in [0.15, 0.2) is 0 Å². The smallest absolute Gasteiger partial charge is 0.0249 e. The van der Waals surface area contributed by atoms with Crippen molar-refractivity contribution in [1.82, 2.24) is 5.32 Å². The Labute approximate surface area is 125 Å². The highest BCUT2D eigenvalue weighted by Gasteiger charge is 2.25. The van der Waals surface area contributed by atoms with E-state index in [1.807, 2.05) is 0 Å². The quantitative estimate of drug-likeness (QED) is 0.903. The van der Waals surface area contributed by atoms with Gasteiger partial charge in [0.1, 0.15) is 0 Å². The van der Waals surface area contributed by atoms with Crippen LogP contribution in [0.15, 0.2) is 30.3 Å². The molecule has 1 heterocycles. The van der Waals surface area contributed by atoms with Crippen molar-refractivity contribution in [3.8, 4) is 0 Å². The maximum Gasteiger partial charge on any atom is 0.0249 e. The fourth-order valence-electron chi connectivity index (χ4n) is 3.19. The molecular formula is C17H27NOS. The van der Waals surface area contributed by atoms with Crippen LogP contribution in [-0.2, 0) is 16.2 Å². The average molecular weight is 293 g/mol. The van der Waals surface area contributed by atoms with E-state index >= 15 is 0 Å². The van der Waals surface area contributed by atoms with E-state index in [0.29, 0.717) is 12.1 Å². The molecule has 0 bridgehead atoms. The van der Waals surface area contributed by atoms with Crippen LogP contribution in [0.4, 0.5) is 0 Å². The van der Waals surface area contributed by atoms with Crippen LogP contribution < -0.4 is 5.32 Å². The molecule has 2 nitrogen and oxygen atoms in total. The maximum absolute atomic E-state index is 11.4. The Hall–Kier alpha value is -0.670. The van der Waals surface area contributed by atoms with Gasteiger partial charge in [0, 0.05) is 34.4 Å². The van der Waals surface area contributed by atoms with Gasteiger partial charge in [-0.25, -0.2) is 0 Å². The van der Waals surface area contributed by atoms with E-state index in [1.165, 1.54) is 5.56 Å². The number of hydrogen-bond donors (Lipinski definition) is 1. The molecular weight excluding hydrogens is 266 g/mol. The first-order chi connectivity index (χ1) is 9.47. The van der Waals surface area contributed by atoms with Crippen LogP contribution in [0.5, 0.6) is 0 Å². The highest BCUT2D eigenvalue weighted by atomic mass is 32.2. The number of nitrogens with one attached hydrogen (secondary N) is 1. The summed E-state index contributed by atoms with van der Waals surface area (Å²) in [6, 6.07) is 11.8. The molecule has 0 spiro atoms. The normalized spacial score (nSPS) is 25.4. The molecule has 0 radical (unpaired) electrons. The van der Waals surface area contributed by atoms with Crippen LogP contribution in [0.2, 0.25) is 0 Å². The molecule has 3 heteroatoms. The Bertz CT molecular complexity index is 434. The van der Waals surface area contributed by atoms with E-state index in [-0.39, 0.29) is 5.41 Å². The lowest BCUT2D eigenvalue weighted by Crippen LogP contribution is -2.43. The van der Waals surface area contributed by atoms with Crippen LogP contribution >= 0.6 is 0 Å². The molecule has 1 aliphatic rings. The van der Waals surface area contributed by atoms with Crippen LogP contribution in [0, 0.1) is 0 Å². The van der Waals surface area contributed by atoms with Gasteiger partial charge < -0.3 is 5.32 Å². The van der Waals surface area contributed by atoms with Crippen molar-refractivity contribution in [1.29, 1.82) is 0 Å². The van der Waals surface area contributed by atoms with E-state index < -0.39 is 10.8 Å². The molecule has 0 saturated carbocycles. The second-order valence-electron chi connectivity index (χ2n) is 6.64. The van der Waals surface area contributed by atoms with E-state index in [0.717, 1.165) is 30.8 Å². The summed E-state index contributed by atoms with van der Waals surface area (Å²) in [4.78, 5) is 0. The molecule has 2 rings (SSSR count). The summed E-state index contributed by atoms with van der Waals surface area (Å²) in [5.41, 5.74) is 1.59. The summed E-state index contributed by atoms with van der Waals surface area (Å²) in [5.74, 6) is 1.74. The second kappa shape index (κ2) is 6.86. The molecule has 1 atom stereocenters. The average Bonchev–Trinajstić information content (AvgIpc) is 2.42. The number of hydrogen-bond acceptors (Lipinski definition) is 2. The van der Waals surface area contributed by atoms with Gasteiger partial charge in [0.25, 0.3) is 0 Å². The molecule has 0 amide bonds. The Morgan fingerprint density at radius 2 is 1.85 bits per heavy atom. The first kappa shape index (κ1) is 15.7. The van der Waals surface area contributed by atoms with Gasteiger partial charge in [-0.05, 0) is 37.2 Å². The third-order valence-electron chi connectivity index (χ3n) is 4.28.